The minimum Gasteiger partial charge on any atom is -0.462 e. The Morgan fingerprint density at radius 2 is 2.09 bits per heavy atom. The smallest absolute Gasteiger partial charge is 0.363 e. The molecule has 0 aliphatic carbocycles. The maximum atomic E-state index is 11.9. The van der Waals surface area contributed by atoms with Crippen molar-refractivity contribution in [2.24, 2.45) is 4.99 Å². The van der Waals surface area contributed by atoms with Crippen molar-refractivity contribution in [1.29, 1.82) is 0 Å². The van der Waals surface area contributed by atoms with Gasteiger partial charge in [-0.05, 0) is 25.1 Å². The molecule has 8 heteroatoms. The van der Waals surface area contributed by atoms with E-state index in [0.717, 1.165) is 0 Å². The Morgan fingerprint density at radius 3 is 2.70 bits per heavy atom. The third kappa shape index (κ3) is 3.00. The first-order chi connectivity index (χ1) is 10.9. The van der Waals surface area contributed by atoms with Crippen LogP contribution >= 0.6 is 11.6 Å². The van der Waals surface area contributed by atoms with E-state index in [1.54, 1.807) is 19.1 Å². The molecule has 1 aliphatic heterocycles. The molecule has 3 rings (SSSR count). The van der Waals surface area contributed by atoms with Crippen LogP contribution in [-0.2, 0) is 9.53 Å². The van der Waals surface area contributed by atoms with Gasteiger partial charge in [0, 0.05) is 18.2 Å². The number of aryl methyl sites for hydroxylation is 1. The zero-order valence-corrected chi connectivity index (χ0v) is 12.5. The summed E-state index contributed by atoms with van der Waals surface area (Å²) in [6.45, 7) is 1.78. The second kappa shape index (κ2) is 5.69. The van der Waals surface area contributed by atoms with Crippen molar-refractivity contribution in [3.63, 3.8) is 0 Å². The van der Waals surface area contributed by atoms with Crippen molar-refractivity contribution in [2.45, 2.75) is 6.92 Å². The Kier molecular flexibility index (Phi) is 3.71. The van der Waals surface area contributed by atoms with E-state index in [2.05, 4.69) is 4.99 Å². The summed E-state index contributed by atoms with van der Waals surface area (Å²) >= 11 is 6.00. The molecule has 0 fully saturated rings. The lowest BCUT2D eigenvalue weighted by molar-refractivity contribution is -0.384. The summed E-state index contributed by atoms with van der Waals surface area (Å²) < 4.78 is 10.4. The number of nitro benzene ring substituents is 1. The van der Waals surface area contributed by atoms with E-state index in [1.165, 1.54) is 24.3 Å². The van der Waals surface area contributed by atoms with E-state index in [0.29, 0.717) is 17.1 Å². The monoisotopic (exact) mass is 332 g/mol. The van der Waals surface area contributed by atoms with Gasteiger partial charge in [0.05, 0.1) is 15.5 Å². The van der Waals surface area contributed by atoms with Gasteiger partial charge in [0.15, 0.2) is 5.70 Å². The summed E-state index contributed by atoms with van der Waals surface area (Å²) in [5, 5.41) is 10.8. The number of esters is 1. The molecule has 1 aromatic carbocycles. The number of hydrogen-bond acceptors (Lipinski definition) is 6. The largest absolute Gasteiger partial charge is 0.462 e. The second-order valence-corrected chi connectivity index (χ2v) is 5.11. The summed E-state index contributed by atoms with van der Waals surface area (Å²) in [5.74, 6) is 0.507. The van der Waals surface area contributed by atoms with Gasteiger partial charge >= 0.3 is 5.97 Å². The SMILES string of the molecule is Cc1ccc(C=C2N=C(c3ccc([N+](=O)[O-])cc3Cl)OC2=O)o1. The molecule has 116 valence electrons. The zero-order valence-electron chi connectivity index (χ0n) is 11.8. The molecule has 0 atom stereocenters. The summed E-state index contributed by atoms with van der Waals surface area (Å²) in [6, 6.07) is 7.26. The van der Waals surface area contributed by atoms with Crippen LogP contribution in [0.5, 0.6) is 0 Å². The normalized spacial score (nSPS) is 15.7. The number of halogens is 1. The predicted molar refractivity (Wildman–Crippen MR) is 82.2 cm³/mol. The van der Waals surface area contributed by atoms with Crippen LogP contribution in [0.3, 0.4) is 0 Å². The van der Waals surface area contributed by atoms with E-state index in [4.69, 9.17) is 20.8 Å². The Balaban J connectivity index is 1.95. The highest BCUT2D eigenvalue weighted by Crippen LogP contribution is 2.27. The number of carbonyl (C=O) groups excluding carboxylic acids is 1. The second-order valence-electron chi connectivity index (χ2n) is 4.71. The van der Waals surface area contributed by atoms with Crippen LogP contribution < -0.4 is 0 Å². The van der Waals surface area contributed by atoms with Crippen LogP contribution in [0.1, 0.15) is 17.1 Å². The van der Waals surface area contributed by atoms with Gasteiger partial charge in [0.2, 0.25) is 5.90 Å². The van der Waals surface area contributed by atoms with Gasteiger partial charge in [-0.25, -0.2) is 9.79 Å². The molecule has 0 bridgehead atoms. The molecule has 0 unspecified atom stereocenters. The molecule has 0 spiro atoms. The van der Waals surface area contributed by atoms with Crippen molar-refractivity contribution < 1.29 is 18.9 Å². The fraction of sp³-hybridized carbons (Fsp3) is 0.0667. The molecule has 0 radical (unpaired) electrons. The molecule has 1 aliphatic rings. The highest BCUT2D eigenvalue weighted by Gasteiger charge is 2.26. The molecule has 23 heavy (non-hydrogen) atoms. The Labute approximate surface area is 135 Å². The van der Waals surface area contributed by atoms with E-state index in [9.17, 15) is 14.9 Å². The first kappa shape index (κ1) is 15.0. The number of non-ortho nitro benzene ring substituents is 1. The average Bonchev–Trinajstić information content (AvgIpc) is 3.06. The summed E-state index contributed by atoms with van der Waals surface area (Å²) in [4.78, 5) is 26.1. The van der Waals surface area contributed by atoms with E-state index >= 15 is 0 Å². The van der Waals surface area contributed by atoms with Gasteiger partial charge in [-0.2, -0.15) is 0 Å². The number of aliphatic imine (C=N–C) groups is 1. The maximum Gasteiger partial charge on any atom is 0.363 e. The number of benzene rings is 1. The molecule has 0 amide bonds. The third-order valence-corrected chi connectivity index (χ3v) is 3.37. The number of nitro groups is 1. The molecule has 0 N–H and O–H groups in total. The van der Waals surface area contributed by atoms with Gasteiger partial charge in [0.25, 0.3) is 5.69 Å². The van der Waals surface area contributed by atoms with Gasteiger partial charge in [0.1, 0.15) is 11.5 Å². The Bertz CT molecular complexity index is 882. The van der Waals surface area contributed by atoms with Crippen LogP contribution in [0.25, 0.3) is 6.08 Å². The number of hydrogen-bond donors (Lipinski definition) is 0. The van der Waals surface area contributed by atoms with Crippen LogP contribution in [0.2, 0.25) is 5.02 Å². The van der Waals surface area contributed by atoms with Crippen LogP contribution in [0.15, 0.2) is 45.4 Å². The summed E-state index contributed by atoms with van der Waals surface area (Å²) in [6.07, 6.45) is 1.45. The van der Waals surface area contributed by atoms with E-state index < -0.39 is 10.9 Å². The lowest BCUT2D eigenvalue weighted by atomic mass is 10.2. The van der Waals surface area contributed by atoms with Gasteiger partial charge in [-0.3, -0.25) is 10.1 Å². The minimum atomic E-state index is -0.650. The number of ether oxygens (including phenoxy) is 1. The third-order valence-electron chi connectivity index (χ3n) is 3.05. The van der Waals surface area contributed by atoms with E-state index in [-0.39, 0.29) is 22.3 Å². The van der Waals surface area contributed by atoms with Crippen molar-refractivity contribution >= 4 is 35.2 Å². The van der Waals surface area contributed by atoms with Crippen LogP contribution in [-0.4, -0.2) is 16.8 Å². The molecular weight excluding hydrogens is 324 g/mol. The molecule has 1 aromatic heterocycles. The van der Waals surface area contributed by atoms with Crippen molar-refractivity contribution in [2.75, 3.05) is 0 Å². The molecular formula is C15H9ClN2O5. The topological polar surface area (TPSA) is 94.9 Å². The molecule has 7 nitrogen and oxygen atoms in total. The molecule has 2 aromatic rings. The van der Waals surface area contributed by atoms with Crippen LogP contribution in [0, 0.1) is 17.0 Å². The lowest BCUT2D eigenvalue weighted by Crippen LogP contribution is -2.06. The maximum absolute atomic E-state index is 11.9. The fourth-order valence-corrected chi connectivity index (χ4v) is 2.24. The molecule has 0 saturated heterocycles. The minimum absolute atomic E-state index is 0.00979. The number of furan rings is 1. The average molecular weight is 333 g/mol. The lowest BCUT2D eigenvalue weighted by Gasteiger charge is -2.02. The first-order valence-corrected chi connectivity index (χ1v) is 6.85. The summed E-state index contributed by atoms with van der Waals surface area (Å²) in [7, 11) is 0. The Morgan fingerprint density at radius 1 is 1.30 bits per heavy atom. The number of nitrogens with zero attached hydrogens (tertiary/aromatic N) is 2. The zero-order chi connectivity index (χ0) is 16.6. The van der Waals surface area contributed by atoms with E-state index in [1.807, 2.05) is 0 Å². The van der Waals surface area contributed by atoms with Crippen molar-refractivity contribution in [3.8, 4) is 0 Å². The quantitative estimate of drug-likeness (QED) is 0.371. The first-order valence-electron chi connectivity index (χ1n) is 6.47. The standard InChI is InChI=1S/C15H9ClN2O5/c1-8-2-4-10(22-8)7-13-15(19)23-14(17-13)11-5-3-9(18(20)21)6-12(11)16/h2-7H,1H3. The molecule has 2 heterocycles. The predicted octanol–water partition coefficient (Wildman–Crippen LogP) is 3.49. The number of cyclic esters (lactones) is 1. The fourth-order valence-electron chi connectivity index (χ4n) is 1.98. The summed E-state index contributed by atoms with van der Waals surface area (Å²) in [5.41, 5.74) is 0.193. The highest BCUT2D eigenvalue weighted by molar-refractivity contribution is 6.34. The van der Waals surface area contributed by atoms with Gasteiger partial charge < -0.3 is 9.15 Å². The number of carbonyl (C=O) groups is 1. The Hall–Kier alpha value is -2.93. The number of rotatable bonds is 3. The van der Waals surface area contributed by atoms with Gasteiger partial charge in [-0.15, -0.1) is 0 Å². The van der Waals surface area contributed by atoms with Crippen molar-refractivity contribution in [1.82, 2.24) is 0 Å². The highest BCUT2D eigenvalue weighted by atomic mass is 35.5. The van der Waals surface area contributed by atoms with Crippen molar-refractivity contribution in [3.05, 3.63) is 68.2 Å². The van der Waals surface area contributed by atoms with Gasteiger partial charge in [-0.1, -0.05) is 11.6 Å². The molecule has 0 saturated carbocycles. The van der Waals surface area contributed by atoms with Crippen LogP contribution in [0.4, 0.5) is 5.69 Å².